The lowest BCUT2D eigenvalue weighted by molar-refractivity contribution is 0.296. The number of nitrogen functional groups attached to an aromatic ring is 1. The van der Waals surface area contributed by atoms with Crippen molar-refractivity contribution < 1.29 is 5.11 Å². The molecule has 0 amide bonds. The standard InChI is InChI=1S/C11H16N4OS/c12-8-10-9(13)2-3-11(15-10)14-4-7-17-6-1-5-16/h2-3,16H,1,4-7,13H2,(H,14,15). The second-order valence-electron chi connectivity index (χ2n) is 3.36. The van der Waals surface area contributed by atoms with Crippen molar-refractivity contribution in [3.63, 3.8) is 0 Å². The second kappa shape index (κ2) is 7.76. The minimum absolute atomic E-state index is 0.242. The lowest BCUT2D eigenvalue weighted by Crippen LogP contribution is -2.07. The number of aliphatic hydroxyl groups excluding tert-OH is 1. The largest absolute Gasteiger partial charge is 0.396 e. The van der Waals surface area contributed by atoms with Crippen LogP contribution in [-0.4, -0.2) is 34.7 Å². The number of nitrogens with zero attached hydrogens (tertiary/aromatic N) is 2. The Morgan fingerprint density at radius 3 is 3.00 bits per heavy atom. The van der Waals surface area contributed by atoms with E-state index in [0.717, 1.165) is 24.5 Å². The number of nitrogens with two attached hydrogens (primary N) is 1. The maximum atomic E-state index is 8.76. The van der Waals surface area contributed by atoms with Crippen LogP contribution in [0, 0.1) is 11.3 Å². The predicted octanol–water partition coefficient (Wildman–Crippen LogP) is 1.06. The zero-order valence-electron chi connectivity index (χ0n) is 9.52. The van der Waals surface area contributed by atoms with Gasteiger partial charge >= 0.3 is 0 Å². The third kappa shape index (κ3) is 4.93. The number of nitrogens with one attached hydrogen (secondary N) is 1. The van der Waals surface area contributed by atoms with Crippen molar-refractivity contribution >= 4 is 23.3 Å². The Hall–Kier alpha value is -1.45. The van der Waals surface area contributed by atoms with Crippen LogP contribution in [0.1, 0.15) is 12.1 Å². The summed E-state index contributed by atoms with van der Waals surface area (Å²) in [6.45, 7) is 1.02. The predicted molar refractivity (Wildman–Crippen MR) is 70.9 cm³/mol. The van der Waals surface area contributed by atoms with E-state index in [1.54, 1.807) is 23.9 Å². The highest BCUT2D eigenvalue weighted by atomic mass is 32.2. The Kier molecular flexibility index (Phi) is 6.22. The Morgan fingerprint density at radius 1 is 1.47 bits per heavy atom. The van der Waals surface area contributed by atoms with Crippen LogP contribution in [0.3, 0.4) is 0 Å². The summed E-state index contributed by atoms with van der Waals surface area (Å²) in [6.07, 6.45) is 0.823. The van der Waals surface area contributed by atoms with Gasteiger partial charge in [0.2, 0.25) is 0 Å². The van der Waals surface area contributed by atoms with E-state index in [1.807, 2.05) is 6.07 Å². The van der Waals surface area contributed by atoms with Crippen molar-refractivity contribution in [1.82, 2.24) is 4.98 Å². The first-order chi connectivity index (χ1) is 8.27. The highest BCUT2D eigenvalue weighted by molar-refractivity contribution is 7.99. The van der Waals surface area contributed by atoms with Crippen molar-refractivity contribution in [2.24, 2.45) is 0 Å². The van der Waals surface area contributed by atoms with Gasteiger partial charge in [0.1, 0.15) is 11.9 Å². The summed E-state index contributed by atoms with van der Waals surface area (Å²) in [5.74, 6) is 2.56. The number of anilines is 2. The molecule has 1 aromatic heterocycles. The van der Waals surface area contributed by atoms with E-state index in [2.05, 4.69) is 10.3 Å². The molecule has 0 aromatic carbocycles. The van der Waals surface area contributed by atoms with Gasteiger partial charge in [0, 0.05) is 18.9 Å². The average molecular weight is 252 g/mol. The van der Waals surface area contributed by atoms with Gasteiger partial charge in [-0.25, -0.2) is 4.98 Å². The van der Waals surface area contributed by atoms with Gasteiger partial charge in [-0.15, -0.1) is 0 Å². The van der Waals surface area contributed by atoms with Gasteiger partial charge in [-0.2, -0.15) is 17.0 Å². The first-order valence-electron chi connectivity index (χ1n) is 5.37. The Bertz CT molecular complexity index is 392. The molecular weight excluding hydrogens is 236 g/mol. The van der Waals surface area contributed by atoms with Crippen LogP contribution in [0.2, 0.25) is 0 Å². The molecule has 0 unspecified atom stereocenters. The number of nitriles is 1. The van der Waals surface area contributed by atoms with Crippen molar-refractivity contribution in [2.75, 3.05) is 35.7 Å². The monoisotopic (exact) mass is 252 g/mol. The smallest absolute Gasteiger partial charge is 0.165 e. The van der Waals surface area contributed by atoms with Crippen molar-refractivity contribution in [3.05, 3.63) is 17.8 Å². The molecule has 17 heavy (non-hydrogen) atoms. The number of aromatic nitrogens is 1. The highest BCUT2D eigenvalue weighted by Gasteiger charge is 2.01. The van der Waals surface area contributed by atoms with Gasteiger partial charge in [-0.1, -0.05) is 0 Å². The zero-order valence-corrected chi connectivity index (χ0v) is 10.3. The zero-order chi connectivity index (χ0) is 12.5. The summed E-state index contributed by atoms with van der Waals surface area (Å²) >= 11 is 1.77. The molecule has 5 nitrogen and oxygen atoms in total. The molecule has 0 saturated heterocycles. The summed E-state index contributed by atoms with van der Waals surface area (Å²) in [4.78, 5) is 4.08. The third-order valence-electron chi connectivity index (χ3n) is 2.03. The van der Waals surface area contributed by atoms with Crippen molar-refractivity contribution in [1.29, 1.82) is 5.26 Å². The minimum atomic E-state index is 0.242. The fraction of sp³-hybridized carbons (Fsp3) is 0.455. The van der Waals surface area contributed by atoms with Gasteiger partial charge in [0.05, 0.1) is 5.69 Å². The molecule has 0 aliphatic carbocycles. The number of aliphatic hydroxyl groups is 1. The quantitative estimate of drug-likeness (QED) is 0.628. The molecule has 1 heterocycles. The van der Waals surface area contributed by atoms with Gasteiger partial charge in [0.15, 0.2) is 5.69 Å². The van der Waals surface area contributed by atoms with E-state index in [4.69, 9.17) is 16.1 Å². The van der Waals surface area contributed by atoms with Crippen LogP contribution in [0.5, 0.6) is 0 Å². The Labute approximate surface area is 105 Å². The van der Waals surface area contributed by atoms with E-state index >= 15 is 0 Å². The fourth-order valence-electron chi connectivity index (χ4n) is 1.18. The maximum absolute atomic E-state index is 8.76. The van der Waals surface area contributed by atoms with E-state index in [0.29, 0.717) is 11.5 Å². The van der Waals surface area contributed by atoms with Crippen LogP contribution < -0.4 is 11.1 Å². The topological polar surface area (TPSA) is 95.0 Å². The van der Waals surface area contributed by atoms with E-state index in [1.165, 1.54) is 0 Å². The molecule has 4 N–H and O–H groups in total. The molecule has 1 aromatic rings. The third-order valence-corrected chi connectivity index (χ3v) is 3.10. The summed E-state index contributed by atoms with van der Waals surface area (Å²) in [5, 5.41) is 20.5. The molecule has 92 valence electrons. The molecule has 0 radical (unpaired) electrons. The molecule has 0 fully saturated rings. The summed E-state index contributed by atoms with van der Waals surface area (Å²) in [6, 6.07) is 5.38. The van der Waals surface area contributed by atoms with Crippen molar-refractivity contribution in [3.8, 4) is 6.07 Å². The Balaban J connectivity index is 2.30. The second-order valence-corrected chi connectivity index (χ2v) is 4.59. The van der Waals surface area contributed by atoms with Crippen molar-refractivity contribution in [2.45, 2.75) is 6.42 Å². The molecular formula is C11H16N4OS. The van der Waals surface area contributed by atoms with Gasteiger partial charge < -0.3 is 16.2 Å². The molecule has 0 spiro atoms. The molecule has 0 aliphatic heterocycles. The van der Waals surface area contributed by atoms with Crippen LogP contribution in [0.4, 0.5) is 11.5 Å². The Morgan fingerprint density at radius 2 is 2.29 bits per heavy atom. The lowest BCUT2D eigenvalue weighted by Gasteiger charge is -2.06. The summed E-state index contributed by atoms with van der Waals surface area (Å²) in [7, 11) is 0. The normalized spacial score (nSPS) is 9.88. The van der Waals surface area contributed by atoms with Gasteiger partial charge in [0.25, 0.3) is 0 Å². The molecule has 1 rings (SSSR count). The molecule has 0 aliphatic rings. The lowest BCUT2D eigenvalue weighted by atomic mass is 10.3. The molecule has 6 heteroatoms. The number of thioether (sulfide) groups is 1. The van der Waals surface area contributed by atoms with Crippen LogP contribution in [-0.2, 0) is 0 Å². The first-order valence-corrected chi connectivity index (χ1v) is 6.52. The first kappa shape index (κ1) is 13.6. The number of hydrogen-bond donors (Lipinski definition) is 3. The average Bonchev–Trinajstić information content (AvgIpc) is 2.35. The van der Waals surface area contributed by atoms with E-state index in [9.17, 15) is 0 Å². The van der Waals surface area contributed by atoms with Gasteiger partial charge in [-0.05, 0) is 24.3 Å². The summed E-state index contributed by atoms with van der Waals surface area (Å²) in [5.41, 5.74) is 6.22. The molecule has 0 atom stereocenters. The van der Waals surface area contributed by atoms with E-state index < -0.39 is 0 Å². The van der Waals surface area contributed by atoms with Crippen LogP contribution in [0.25, 0.3) is 0 Å². The van der Waals surface area contributed by atoms with E-state index in [-0.39, 0.29) is 12.3 Å². The van der Waals surface area contributed by atoms with Gasteiger partial charge in [-0.3, -0.25) is 0 Å². The van der Waals surface area contributed by atoms with Crippen LogP contribution >= 0.6 is 11.8 Å². The number of hydrogen-bond acceptors (Lipinski definition) is 6. The van der Waals surface area contributed by atoms with Crippen LogP contribution in [0.15, 0.2) is 12.1 Å². The SMILES string of the molecule is N#Cc1nc(NCCSCCCO)ccc1N. The molecule has 0 saturated carbocycles. The minimum Gasteiger partial charge on any atom is -0.396 e. The molecule has 0 bridgehead atoms. The summed E-state index contributed by atoms with van der Waals surface area (Å²) < 4.78 is 0. The maximum Gasteiger partial charge on any atom is 0.165 e. The number of rotatable bonds is 7. The highest BCUT2D eigenvalue weighted by Crippen LogP contribution is 2.12. The fourth-order valence-corrected chi connectivity index (χ4v) is 1.96. The number of pyridine rings is 1.